The van der Waals surface area contributed by atoms with E-state index in [1.165, 1.54) is 10.6 Å². The first-order chi connectivity index (χ1) is 7.75. The van der Waals surface area contributed by atoms with Crippen molar-refractivity contribution < 1.29 is 0 Å². The zero-order valence-electron chi connectivity index (χ0n) is 9.81. The lowest BCUT2D eigenvalue weighted by atomic mass is 10.4. The number of allylic oxidation sites excluding steroid dienone is 2. The van der Waals surface area contributed by atoms with Crippen LogP contribution in [-0.4, -0.2) is 17.8 Å². The van der Waals surface area contributed by atoms with E-state index in [0.717, 1.165) is 5.88 Å². The maximum Gasteiger partial charge on any atom is 0.0680 e. The molecular weight excluding hydrogens is 214 g/mol. The molecule has 1 aliphatic rings. The van der Waals surface area contributed by atoms with Gasteiger partial charge in [-0.2, -0.15) is 0 Å². The lowest BCUT2D eigenvalue weighted by molar-refractivity contribution is 0.503. The highest BCUT2D eigenvalue weighted by Crippen LogP contribution is 2.30. The standard InChI is InChI=1S/C8H11NS.C6H6/c1-4-5-8-7(2)9(3)6-10-8;1-2-4-6-5-3-1/h5H,1,6H2,2-3H3;1-6H. The molecule has 0 saturated carbocycles. The summed E-state index contributed by atoms with van der Waals surface area (Å²) in [5.41, 5.74) is 4.10. The van der Waals surface area contributed by atoms with Crippen molar-refractivity contribution in [3.05, 3.63) is 65.4 Å². The molecule has 1 aromatic rings. The van der Waals surface area contributed by atoms with Crippen molar-refractivity contribution in [2.75, 3.05) is 12.9 Å². The molecule has 0 radical (unpaired) electrons. The summed E-state index contributed by atoms with van der Waals surface area (Å²) >= 11 is 1.83. The number of rotatable bonds is 1. The van der Waals surface area contributed by atoms with E-state index < -0.39 is 0 Å². The largest absolute Gasteiger partial charge is 0.368 e. The van der Waals surface area contributed by atoms with Crippen molar-refractivity contribution in [3.63, 3.8) is 0 Å². The molecule has 0 aromatic heterocycles. The molecule has 0 amide bonds. The van der Waals surface area contributed by atoms with Gasteiger partial charge in [0.2, 0.25) is 0 Å². The molecule has 0 atom stereocenters. The average molecular weight is 231 g/mol. The Bertz CT molecular complexity index is 362. The van der Waals surface area contributed by atoms with Crippen LogP contribution < -0.4 is 0 Å². The van der Waals surface area contributed by atoms with Crippen molar-refractivity contribution in [2.24, 2.45) is 0 Å². The van der Waals surface area contributed by atoms with E-state index >= 15 is 0 Å². The molecule has 1 nitrogen and oxygen atoms in total. The third-order valence-electron chi connectivity index (χ3n) is 2.24. The van der Waals surface area contributed by atoms with E-state index in [9.17, 15) is 0 Å². The minimum atomic E-state index is 1.05. The zero-order valence-corrected chi connectivity index (χ0v) is 10.6. The molecule has 1 heterocycles. The molecule has 2 heteroatoms. The maximum atomic E-state index is 3.54. The summed E-state index contributed by atoms with van der Waals surface area (Å²) < 4.78 is 0. The topological polar surface area (TPSA) is 3.24 Å². The molecule has 84 valence electrons. The Morgan fingerprint density at radius 1 is 1.25 bits per heavy atom. The van der Waals surface area contributed by atoms with Crippen LogP contribution in [0.4, 0.5) is 0 Å². The van der Waals surface area contributed by atoms with E-state index in [2.05, 4.69) is 31.2 Å². The molecular formula is C14H17NS. The third-order valence-corrected chi connectivity index (χ3v) is 3.48. The summed E-state index contributed by atoms with van der Waals surface area (Å²) in [5.74, 6) is 1.05. The first kappa shape index (κ1) is 12.7. The summed E-state index contributed by atoms with van der Waals surface area (Å²) in [4.78, 5) is 3.51. The predicted octanol–water partition coefficient (Wildman–Crippen LogP) is 3.88. The maximum absolute atomic E-state index is 3.54. The Kier molecular flexibility index (Phi) is 5.55. The van der Waals surface area contributed by atoms with Crippen LogP contribution in [0.3, 0.4) is 0 Å². The molecule has 0 saturated heterocycles. The molecule has 1 aliphatic heterocycles. The van der Waals surface area contributed by atoms with E-state index in [4.69, 9.17) is 0 Å². The van der Waals surface area contributed by atoms with Gasteiger partial charge in [-0.15, -0.1) is 17.5 Å². The summed E-state index contributed by atoms with van der Waals surface area (Å²) in [5, 5.41) is 0. The first-order valence-electron chi connectivity index (χ1n) is 5.16. The first-order valence-corrected chi connectivity index (χ1v) is 6.15. The Labute approximate surface area is 102 Å². The monoisotopic (exact) mass is 231 g/mol. The van der Waals surface area contributed by atoms with Crippen LogP contribution in [0.5, 0.6) is 0 Å². The summed E-state index contributed by atoms with van der Waals surface area (Å²) in [7, 11) is 2.09. The molecule has 0 spiro atoms. The van der Waals surface area contributed by atoms with Gasteiger partial charge in [-0.05, 0) is 13.0 Å². The van der Waals surface area contributed by atoms with Crippen LogP contribution in [0.15, 0.2) is 65.4 Å². The number of nitrogens with zero attached hydrogens (tertiary/aromatic N) is 1. The summed E-state index contributed by atoms with van der Waals surface area (Å²) in [6.07, 6.45) is 1.93. The summed E-state index contributed by atoms with van der Waals surface area (Å²) in [6, 6.07) is 12.0. The van der Waals surface area contributed by atoms with Crippen molar-refractivity contribution in [1.82, 2.24) is 4.90 Å². The Hall–Kier alpha value is -1.37. The van der Waals surface area contributed by atoms with Crippen LogP contribution in [0.1, 0.15) is 6.92 Å². The smallest absolute Gasteiger partial charge is 0.0680 e. The van der Waals surface area contributed by atoms with E-state index in [1.54, 1.807) is 0 Å². The molecule has 2 rings (SSSR count). The van der Waals surface area contributed by atoms with Crippen LogP contribution in [0.2, 0.25) is 0 Å². The Morgan fingerprint density at radius 2 is 1.75 bits per heavy atom. The van der Waals surface area contributed by atoms with Gasteiger partial charge in [-0.1, -0.05) is 43.0 Å². The predicted molar refractivity (Wildman–Crippen MR) is 73.1 cm³/mol. The lowest BCUT2D eigenvalue weighted by Gasteiger charge is -2.09. The quantitative estimate of drug-likeness (QED) is 0.675. The van der Waals surface area contributed by atoms with Gasteiger partial charge in [0.05, 0.1) is 5.88 Å². The minimum absolute atomic E-state index is 1.05. The second-order valence-corrected chi connectivity index (χ2v) is 4.41. The lowest BCUT2D eigenvalue weighted by Crippen LogP contribution is -2.09. The van der Waals surface area contributed by atoms with Crippen LogP contribution in [-0.2, 0) is 0 Å². The third kappa shape index (κ3) is 4.01. The normalized spacial score (nSPS) is 14.0. The van der Waals surface area contributed by atoms with Gasteiger partial charge in [0.25, 0.3) is 0 Å². The van der Waals surface area contributed by atoms with E-state index in [1.807, 2.05) is 54.2 Å². The van der Waals surface area contributed by atoms with Crippen molar-refractivity contribution in [3.8, 4) is 0 Å². The second kappa shape index (κ2) is 7.00. The van der Waals surface area contributed by atoms with Gasteiger partial charge in [0.1, 0.15) is 0 Å². The Morgan fingerprint density at radius 3 is 2.06 bits per heavy atom. The highest BCUT2D eigenvalue weighted by molar-refractivity contribution is 8.03. The number of hydrogen-bond donors (Lipinski definition) is 0. The Balaban J connectivity index is 0.000000181. The van der Waals surface area contributed by atoms with Crippen molar-refractivity contribution in [1.29, 1.82) is 0 Å². The molecule has 16 heavy (non-hydrogen) atoms. The molecule has 0 aliphatic carbocycles. The second-order valence-electron chi connectivity index (χ2n) is 3.42. The molecule has 1 aromatic carbocycles. The number of hydrogen-bond acceptors (Lipinski definition) is 2. The molecule has 0 unspecified atom stereocenters. The number of benzene rings is 1. The van der Waals surface area contributed by atoms with Gasteiger partial charge in [-0.25, -0.2) is 0 Å². The van der Waals surface area contributed by atoms with Crippen LogP contribution in [0, 0.1) is 0 Å². The fourth-order valence-corrected chi connectivity index (χ4v) is 2.24. The van der Waals surface area contributed by atoms with Gasteiger partial charge in [0.15, 0.2) is 0 Å². The van der Waals surface area contributed by atoms with Gasteiger partial charge in [-0.3, -0.25) is 0 Å². The van der Waals surface area contributed by atoms with E-state index in [-0.39, 0.29) is 0 Å². The molecule has 0 N–H and O–H groups in total. The fraction of sp³-hybridized carbons (Fsp3) is 0.214. The molecule has 0 fully saturated rings. The van der Waals surface area contributed by atoms with Crippen LogP contribution in [0.25, 0.3) is 0 Å². The SMILES string of the molecule is C=C=CC1=C(C)N(C)CS1.c1ccccc1. The zero-order chi connectivity index (χ0) is 11.8. The van der Waals surface area contributed by atoms with Crippen molar-refractivity contribution >= 4 is 11.8 Å². The van der Waals surface area contributed by atoms with Gasteiger partial charge < -0.3 is 4.90 Å². The minimum Gasteiger partial charge on any atom is -0.368 e. The number of thioether (sulfide) groups is 1. The highest BCUT2D eigenvalue weighted by atomic mass is 32.2. The average Bonchev–Trinajstić information content (AvgIpc) is 2.65. The van der Waals surface area contributed by atoms with Crippen LogP contribution >= 0.6 is 11.8 Å². The highest BCUT2D eigenvalue weighted by Gasteiger charge is 2.12. The molecule has 0 bridgehead atoms. The summed E-state index contributed by atoms with van der Waals surface area (Å²) in [6.45, 7) is 5.65. The van der Waals surface area contributed by atoms with Crippen molar-refractivity contribution in [2.45, 2.75) is 6.92 Å². The van der Waals surface area contributed by atoms with Gasteiger partial charge in [0, 0.05) is 17.6 Å². The van der Waals surface area contributed by atoms with Gasteiger partial charge >= 0.3 is 0 Å². The fourth-order valence-electron chi connectivity index (χ4n) is 1.18. The van der Waals surface area contributed by atoms with E-state index in [0.29, 0.717) is 0 Å².